The van der Waals surface area contributed by atoms with Gasteiger partial charge in [-0.2, -0.15) is 0 Å². The molecule has 2 nitrogen and oxygen atoms in total. The summed E-state index contributed by atoms with van der Waals surface area (Å²) in [5.41, 5.74) is 0. The molecule has 0 aliphatic carbocycles. The SMILES string of the molecule is CCCCCCCCCCCCCCCCCCCCCCCCCCC(C)OC(C)=O.[H-].[K+]. The van der Waals surface area contributed by atoms with Crippen molar-refractivity contribution in [1.29, 1.82) is 0 Å². The molecule has 0 aromatic carbocycles. The summed E-state index contributed by atoms with van der Waals surface area (Å²) in [6.07, 6.45) is 35.3. The minimum Gasteiger partial charge on any atom is -1.00 e. The Kier molecular flexibility index (Phi) is 34.2. The normalized spacial score (nSPS) is 11.8. The van der Waals surface area contributed by atoms with Gasteiger partial charge in [-0.1, -0.05) is 155 Å². The van der Waals surface area contributed by atoms with Gasteiger partial charge in [-0.3, -0.25) is 4.79 Å². The van der Waals surface area contributed by atoms with E-state index >= 15 is 0 Å². The van der Waals surface area contributed by atoms with Crippen LogP contribution in [-0.2, 0) is 9.53 Å². The number of rotatable bonds is 26. The van der Waals surface area contributed by atoms with E-state index in [-0.39, 0.29) is 64.9 Å². The van der Waals surface area contributed by atoms with Crippen LogP contribution in [0.5, 0.6) is 0 Å². The molecule has 33 heavy (non-hydrogen) atoms. The first kappa shape index (κ1) is 36.3. The van der Waals surface area contributed by atoms with Crippen molar-refractivity contribution in [3.8, 4) is 0 Å². The molecule has 1 atom stereocenters. The number of hydrogen-bond donors (Lipinski definition) is 0. The number of unbranched alkanes of at least 4 members (excludes halogenated alkanes) is 23. The first-order valence-corrected chi connectivity index (χ1v) is 14.8. The van der Waals surface area contributed by atoms with E-state index in [4.69, 9.17) is 4.74 Å². The number of hydrogen-bond acceptors (Lipinski definition) is 2. The minimum absolute atomic E-state index is 0. The van der Waals surface area contributed by atoms with E-state index in [2.05, 4.69) is 6.92 Å². The van der Waals surface area contributed by atoms with Crippen LogP contribution < -0.4 is 51.4 Å². The fraction of sp³-hybridized carbons (Fsp3) is 0.967. The molecule has 0 aliphatic heterocycles. The van der Waals surface area contributed by atoms with Crippen LogP contribution in [0.4, 0.5) is 0 Å². The van der Waals surface area contributed by atoms with Gasteiger partial charge in [0.05, 0.1) is 6.10 Å². The third-order valence-corrected chi connectivity index (χ3v) is 6.83. The first-order chi connectivity index (χ1) is 15.7. The van der Waals surface area contributed by atoms with Gasteiger partial charge in [0, 0.05) is 6.92 Å². The molecule has 0 bridgehead atoms. The monoisotopic (exact) mass is 492 g/mol. The van der Waals surface area contributed by atoms with E-state index < -0.39 is 0 Å². The summed E-state index contributed by atoms with van der Waals surface area (Å²) in [6.45, 7) is 5.79. The quantitative estimate of drug-likeness (QED) is 0.0698. The van der Waals surface area contributed by atoms with E-state index in [1.165, 1.54) is 161 Å². The summed E-state index contributed by atoms with van der Waals surface area (Å²) in [7, 11) is 0. The molecular weight excluding hydrogens is 431 g/mol. The predicted molar refractivity (Wildman–Crippen MR) is 143 cm³/mol. The summed E-state index contributed by atoms with van der Waals surface area (Å²) in [5.74, 6) is -0.151. The van der Waals surface area contributed by atoms with Gasteiger partial charge in [-0.15, -0.1) is 0 Å². The van der Waals surface area contributed by atoms with E-state index in [0.717, 1.165) is 6.42 Å². The summed E-state index contributed by atoms with van der Waals surface area (Å²) >= 11 is 0. The molecule has 3 heteroatoms. The van der Waals surface area contributed by atoms with Crippen LogP contribution in [0, 0.1) is 0 Å². The van der Waals surface area contributed by atoms with Crippen molar-refractivity contribution in [1.82, 2.24) is 0 Å². The fourth-order valence-corrected chi connectivity index (χ4v) is 4.74. The largest absolute Gasteiger partial charge is 1.00 e. The Bertz CT molecular complexity index is 379. The van der Waals surface area contributed by atoms with Crippen molar-refractivity contribution in [2.24, 2.45) is 0 Å². The van der Waals surface area contributed by atoms with Gasteiger partial charge < -0.3 is 6.16 Å². The van der Waals surface area contributed by atoms with E-state index in [9.17, 15) is 4.79 Å². The molecule has 0 aromatic rings. The van der Waals surface area contributed by atoms with Crippen molar-refractivity contribution >= 4 is 5.97 Å². The van der Waals surface area contributed by atoms with Gasteiger partial charge in [0.15, 0.2) is 0 Å². The predicted octanol–water partition coefficient (Wildman–Crippen LogP) is 7.83. The van der Waals surface area contributed by atoms with Crippen LogP contribution in [-0.4, -0.2) is 12.1 Å². The van der Waals surface area contributed by atoms with E-state index in [0.29, 0.717) is 0 Å². The third kappa shape index (κ3) is 33.1. The molecule has 0 rings (SSSR count). The van der Waals surface area contributed by atoms with Gasteiger partial charge in [-0.05, 0) is 19.8 Å². The summed E-state index contributed by atoms with van der Waals surface area (Å²) in [6, 6.07) is 0. The maximum Gasteiger partial charge on any atom is 1.00 e. The molecule has 0 saturated heterocycles. The minimum atomic E-state index is -0.151. The molecule has 194 valence electrons. The standard InChI is InChI=1S/C30H60O2.K.H/c1-4-5-6-7-8-9-10-11-12-13-14-15-16-17-18-19-20-21-22-23-24-25-26-27-28-29(2)32-30(3)31;;/h29H,4-28H2,1-3H3;;/q;+1;-1. The Morgan fingerprint density at radius 2 is 0.788 bits per heavy atom. The van der Waals surface area contributed by atoms with Crippen LogP contribution >= 0.6 is 0 Å². The van der Waals surface area contributed by atoms with E-state index in [1.807, 2.05) is 6.92 Å². The zero-order valence-electron chi connectivity index (χ0n) is 24.6. The van der Waals surface area contributed by atoms with Gasteiger partial charge in [0.25, 0.3) is 0 Å². The molecule has 0 N–H and O–H groups in total. The van der Waals surface area contributed by atoms with Gasteiger partial charge in [0.1, 0.15) is 0 Å². The van der Waals surface area contributed by atoms with Crippen LogP contribution in [0.25, 0.3) is 0 Å². The Balaban J connectivity index is -0.00000480. The average molecular weight is 493 g/mol. The fourth-order valence-electron chi connectivity index (χ4n) is 4.74. The van der Waals surface area contributed by atoms with Gasteiger partial charge in [-0.25, -0.2) is 0 Å². The molecule has 0 aromatic heterocycles. The molecule has 0 fully saturated rings. The van der Waals surface area contributed by atoms with Crippen LogP contribution in [0.3, 0.4) is 0 Å². The van der Waals surface area contributed by atoms with Crippen molar-refractivity contribution < 1.29 is 62.3 Å². The summed E-state index contributed by atoms with van der Waals surface area (Å²) < 4.78 is 5.16. The molecule has 0 aliphatic rings. The summed E-state index contributed by atoms with van der Waals surface area (Å²) in [5, 5.41) is 0. The van der Waals surface area contributed by atoms with Crippen LogP contribution in [0.2, 0.25) is 0 Å². The molecule has 0 heterocycles. The van der Waals surface area contributed by atoms with Crippen molar-refractivity contribution in [2.75, 3.05) is 0 Å². The van der Waals surface area contributed by atoms with Gasteiger partial charge >= 0.3 is 57.4 Å². The Labute approximate surface area is 253 Å². The molecule has 0 spiro atoms. The Morgan fingerprint density at radius 1 is 0.545 bits per heavy atom. The number of esters is 1. The second-order valence-electron chi connectivity index (χ2n) is 10.3. The number of ether oxygens (including phenoxy) is 1. The molecule has 0 amide bonds. The molecular formula is C30H61KO2. The van der Waals surface area contributed by atoms with Crippen molar-refractivity contribution in [3.63, 3.8) is 0 Å². The van der Waals surface area contributed by atoms with Gasteiger partial charge in [0.2, 0.25) is 0 Å². The molecule has 1 unspecified atom stereocenters. The number of carbonyl (C=O) groups is 1. The average Bonchev–Trinajstić information content (AvgIpc) is 2.76. The molecule has 0 radical (unpaired) electrons. The Hall–Kier alpha value is 1.11. The zero-order chi connectivity index (χ0) is 23.5. The summed E-state index contributed by atoms with van der Waals surface area (Å²) in [4.78, 5) is 10.9. The zero-order valence-corrected chi connectivity index (χ0v) is 26.7. The molecule has 0 saturated carbocycles. The van der Waals surface area contributed by atoms with Crippen LogP contribution in [0.1, 0.15) is 183 Å². The van der Waals surface area contributed by atoms with Crippen molar-refractivity contribution in [3.05, 3.63) is 0 Å². The maximum absolute atomic E-state index is 10.9. The third-order valence-electron chi connectivity index (χ3n) is 6.83. The van der Waals surface area contributed by atoms with Crippen molar-refractivity contribution in [2.45, 2.75) is 187 Å². The second-order valence-corrected chi connectivity index (χ2v) is 10.3. The van der Waals surface area contributed by atoms with Crippen LogP contribution in [0.15, 0.2) is 0 Å². The topological polar surface area (TPSA) is 26.3 Å². The van der Waals surface area contributed by atoms with E-state index in [1.54, 1.807) is 0 Å². The Morgan fingerprint density at radius 3 is 1.03 bits per heavy atom. The smallest absolute Gasteiger partial charge is 1.00 e. The maximum atomic E-state index is 10.9. The second kappa shape index (κ2) is 31.1. The first-order valence-electron chi connectivity index (χ1n) is 14.8. The number of carbonyl (C=O) groups excluding carboxylic acids is 1.